The number of rotatable bonds is 4. The Morgan fingerprint density at radius 3 is 2.64 bits per heavy atom. The molecule has 1 aliphatic heterocycles. The second kappa shape index (κ2) is 7.44. The minimum atomic E-state index is -0.384. The zero-order valence-corrected chi connectivity index (χ0v) is 13.4. The van der Waals surface area contributed by atoms with Gasteiger partial charge < -0.3 is 15.4 Å². The fourth-order valence-electron chi connectivity index (χ4n) is 3.41. The Labute approximate surface area is 136 Å². The van der Waals surface area contributed by atoms with Crippen LogP contribution < -0.4 is 10.6 Å². The summed E-state index contributed by atoms with van der Waals surface area (Å²) in [4.78, 5) is 12.5. The largest absolute Gasteiger partial charge is 0.366 e. The molecular formula is C17H23ClN2O2. The van der Waals surface area contributed by atoms with E-state index in [1.54, 1.807) is 0 Å². The van der Waals surface area contributed by atoms with Crippen LogP contribution in [0.2, 0.25) is 5.02 Å². The predicted molar refractivity (Wildman–Crippen MR) is 86.9 cm³/mol. The standard InChI is InChI=1S/C17H23ClN2O2/c18-14-7-5-13(6-8-14)16(12-3-1-2-4-12)20-17(21)15-11-19-9-10-22-15/h5-8,12,15-16,19H,1-4,9-11H2,(H,20,21). The van der Waals surface area contributed by atoms with Gasteiger partial charge in [0.15, 0.2) is 0 Å². The van der Waals surface area contributed by atoms with E-state index in [1.165, 1.54) is 12.8 Å². The number of morpholine rings is 1. The van der Waals surface area contributed by atoms with E-state index in [4.69, 9.17) is 16.3 Å². The van der Waals surface area contributed by atoms with Gasteiger partial charge in [-0.1, -0.05) is 36.6 Å². The monoisotopic (exact) mass is 322 g/mol. The van der Waals surface area contributed by atoms with Gasteiger partial charge in [-0.15, -0.1) is 0 Å². The number of nitrogens with one attached hydrogen (secondary N) is 2. The van der Waals surface area contributed by atoms with Crippen molar-refractivity contribution in [2.45, 2.75) is 37.8 Å². The van der Waals surface area contributed by atoms with Crippen LogP contribution in [0.3, 0.4) is 0 Å². The molecule has 1 heterocycles. The van der Waals surface area contributed by atoms with Crippen molar-refractivity contribution in [2.75, 3.05) is 19.7 Å². The van der Waals surface area contributed by atoms with Crippen molar-refractivity contribution in [1.82, 2.24) is 10.6 Å². The van der Waals surface area contributed by atoms with Crippen molar-refractivity contribution in [3.8, 4) is 0 Å². The quantitative estimate of drug-likeness (QED) is 0.896. The third kappa shape index (κ3) is 3.80. The third-order valence-electron chi connectivity index (χ3n) is 4.62. The number of carbonyl (C=O) groups is 1. The summed E-state index contributed by atoms with van der Waals surface area (Å²) in [6.45, 7) is 1.99. The molecule has 22 heavy (non-hydrogen) atoms. The highest BCUT2D eigenvalue weighted by atomic mass is 35.5. The van der Waals surface area contributed by atoms with Gasteiger partial charge >= 0.3 is 0 Å². The van der Waals surface area contributed by atoms with Gasteiger partial charge in [-0.3, -0.25) is 4.79 Å². The molecule has 1 aliphatic carbocycles. The van der Waals surface area contributed by atoms with Crippen LogP contribution in [0.5, 0.6) is 0 Å². The van der Waals surface area contributed by atoms with Gasteiger partial charge in [-0.2, -0.15) is 0 Å². The molecule has 0 bridgehead atoms. The molecule has 120 valence electrons. The van der Waals surface area contributed by atoms with Crippen LogP contribution in [0.15, 0.2) is 24.3 Å². The maximum atomic E-state index is 12.5. The summed E-state index contributed by atoms with van der Waals surface area (Å²) in [7, 11) is 0. The lowest BCUT2D eigenvalue weighted by Crippen LogP contribution is -2.49. The molecule has 0 radical (unpaired) electrons. The van der Waals surface area contributed by atoms with Crippen LogP contribution in [0.25, 0.3) is 0 Å². The predicted octanol–water partition coefficient (Wildman–Crippen LogP) is 2.68. The summed E-state index contributed by atoms with van der Waals surface area (Å²) in [5, 5.41) is 7.14. The van der Waals surface area contributed by atoms with Crippen molar-refractivity contribution in [2.24, 2.45) is 5.92 Å². The van der Waals surface area contributed by atoms with Crippen LogP contribution in [-0.4, -0.2) is 31.7 Å². The van der Waals surface area contributed by atoms with E-state index in [2.05, 4.69) is 10.6 Å². The molecule has 1 amide bonds. The number of halogens is 1. The first kappa shape index (κ1) is 15.8. The van der Waals surface area contributed by atoms with E-state index in [0.717, 1.165) is 30.0 Å². The molecule has 2 fully saturated rings. The highest BCUT2D eigenvalue weighted by Crippen LogP contribution is 2.36. The number of carbonyl (C=O) groups excluding carboxylic acids is 1. The molecule has 3 rings (SSSR count). The van der Waals surface area contributed by atoms with Gasteiger partial charge in [0.05, 0.1) is 12.6 Å². The molecule has 1 saturated carbocycles. The van der Waals surface area contributed by atoms with Crippen LogP contribution in [-0.2, 0) is 9.53 Å². The second-order valence-electron chi connectivity index (χ2n) is 6.15. The SMILES string of the molecule is O=C(NC(c1ccc(Cl)cc1)C1CCCC1)C1CNCCO1. The number of ether oxygens (including phenoxy) is 1. The van der Waals surface area contributed by atoms with E-state index in [9.17, 15) is 4.79 Å². The Balaban J connectivity index is 1.73. The average molecular weight is 323 g/mol. The molecule has 1 aromatic rings. The molecule has 5 heteroatoms. The maximum Gasteiger partial charge on any atom is 0.250 e. The molecule has 0 spiro atoms. The van der Waals surface area contributed by atoms with E-state index < -0.39 is 0 Å². The summed E-state index contributed by atoms with van der Waals surface area (Å²) in [6, 6.07) is 7.88. The highest BCUT2D eigenvalue weighted by molar-refractivity contribution is 6.30. The minimum absolute atomic E-state index is 0.0148. The minimum Gasteiger partial charge on any atom is -0.366 e. The Hall–Kier alpha value is -1.10. The van der Waals surface area contributed by atoms with E-state index in [0.29, 0.717) is 19.1 Å². The topological polar surface area (TPSA) is 50.4 Å². The summed E-state index contributed by atoms with van der Waals surface area (Å²) >= 11 is 5.99. The lowest BCUT2D eigenvalue weighted by Gasteiger charge is -2.29. The molecule has 0 aromatic heterocycles. The zero-order chi connectivity index (χ0) is 15.4. The molecular weight excluding hydrogens is 300 g/mol. The first-order valence-electron chi connectivity index (χ1n) is 8.12. The zero-order valence-electron chi connectivity index (χ0n) is 12.7. The number of benzene rings is 1. The number of hydrogen-bond donors (Lipinski definition) is 2. The van der Waals surface area contributed by atoms with E-state index in [-0.39, 0.29) is 18.1 Å². The lowest BCUT2D eigenvalue weighted by atomic mass is 9.91. The molecule has 1 aromatic carbocycles. The Morgan fingerprint density at radius 2 is 2.00 bits per heavy atom. The van der Waals surface area contributed by atoms with Crippen LogP contribution in [0, 0.1) is 5.92 Å². The second-order valence-corrected chi connectivity index (χ2v) is 6.58. The summed E-state index contributed by atoms with van der Waals surface area (Å²) in [5.41, 5.74) is 1.13. The maximum absolute atomic E-state index is 12.5. The first-order chi connectivity index (χ1) is 10.7. The summed E-state index contributed by atoms with van der Waals surface area (Å²) < 4.78 is 5.56. The smallest absolute Gasteiger partial charge is 0.250 e. The molecule has 2 N–H and O–H groups in total. The van der Waals surface area contributed by atoms with Crippen LogP contribution >= 0.6 is 11.6 Å². The average Bonchev–Trinajstić information content (AvgIpc) is 3.08. The fourth-order valence-corrected chi connectivity index (χ4v) is 3.54. The fraction of sp³-hybridized carbons (Fsp3) is 0.588. The van der Waals surface area contributed by atoms with Crippen molar-refractivity contribution >= 4 is 17.5 Å². The molecule has 1 saturated heterocycles. The van der Waals surface area contributed by atoms with Crippen molar-refractivity contribution in [3.05, 3.63) is 34.9 Å². The van der Waals surface area contributed by atoms with Gasteiger partial charge in [-0.25, -0.2) is 0 Å². The van der Waals surface area contributed by atoms with Crippen LogP contribution in [0.1, 0.15) is 37.3 Å². The summed E-state index contributed by atoms with van der Waals surface area (Å²) in [5.74, 6) is 0.487. The van der Waals surface area contributed by atoms with Gasteiger partial charge in [0.1, 0.15) is 6.10 Å². The van der Waals surface area contributed by atoms with Gasteiger partial charge in [0, 0.05) is 18.1 Å². The number of amides is 1. The highest BCUT2D eigenvalue weighted by Gasteiger charge is 2.30. The number of hydrogen-bond acceptors (Lipinski definition) is 3. The third-order valence-corrected chi connectivity index (χ3v) is 4.87. The Morgan fingerprint density at radius 1 is 1.27 bits per heavy atom. The van der Waals surface area contributed by atoms with Gasteiger partial charge in [-0.05, 0) is 36.5 Å². The Bertz CT molecular complexity index is 494. The molecule has 2 atom stereocenters. The van der Waals surface area contributed by atoms with Crippen LogP contribution in [0.4, 0.5) is 0 Å². The molecule has 2 unspecified atom stereocenters. The molecule has 2 aliphatic rings. The van der Waals surface area contributed by atoms with E-state index >= 15 is 0 Å². The van der Waals surface area contributed by atoms with Gasteiger partial charge in [0.25, 0.3) is 5.91 Å². The van der Waals surface area contributed by atoms with Crippen molar-refractivity contribution in [3.63, 3.8) is 0 Å². The lowest BCUT2D eigenvalue weighted by molar-refractivity contribution is -0.135. The normalized spacial score (nSPS) is 24.1. The van der Waals surface area contributed by atoms with E-state index in [1.807, 2.05) is 24.3 Å². The molecule has 4 nitrogen and oxygen atoms in total. The van der Waals surface area contributed by atoms with Crippen molar-refractivity contribution < 1.29 is 9.53 Å². The van der Waals surface area contributed by atoms with Crippen molar-refractivity contribution in [1.29, 1.82) is 0 Å². The Kier molecular flexibility index (Phi) is 5.34. The summed E-state index contributed by atoms with van der Waals surface area (Å²) in [6.07, 6.45) is 4.43. The van der Waals surface area contributed by atoms with Gasteiger partial charge in [0.2, 0.25) is 0 Å². The first-order valence-corrected chi connectivity index (χ1v) is 8.50.